The molecule has 112 valence electrons. The maximum Gasteiger partial charge on any atom is 0.231 e. The molecule has 0 radical (unpaired) electrons. The van der Waals surface area contributed by atoms with Gasteiger partial charge in [0.25, 0.3) is 0 Å². The first-order chi connectivity index (χ1) is 9.14. The van der Waals surface area contributed by atoms with Crippen LogP contribution in [-0.4, -0.2) is 25.6 Å². The first-order valence-corrected chi connectivity index (χ1v) is 6.89. The molecule has 2 N–H and O–H groups in total. The number of piperidine rings is 1. The van der Waals surface area contributed by atoms with E-state index in [1.165, 1.54) is 0 Å². The van der Waals surface area contributed by atoms with Crippen LogP contribution in [0.4, 0.5) is 5.69 Å². The molecule has 1 aromatic carbocycles. The zero-order chi connectivity index (χ0) is 13.7. The minimum atomic E-state index is -0.320. The van der Waals surface area contributed by atoms with Gasteiger partial charge in [-0.25, -0.2) is 0 Å². The molecule has 0 bridgehead atoms. The number of halogens is 1. The lowest BCUT2D eigenvalue weighted by atomic mass is 9.82. The predicted octanol–water partition coefficient (Wildman–Crippen LogP) is 2.84. The molecule has 0 saturated carbocycles. The van der Waals surface area contributed by atoms with Gasteiger partial charge in [-0.05, 0) is 45.4 Å². The van der Waals surface area contributed by atoms with E-state index in [4.69, 9.17) is 4.74 Å². The Morgan fingerprint density at radius 2 is 2.30 bits per heavy atom. The fraction of sp³-hybridized carbons (Fsp3) is 0.533. The van der Waals surface area contributed by atoms with Crippen molar-refractivity contribution in [1.29, 1.82) is 0 Å². The minimum absolute atomic E-state index is 0. The lowest BCUT2D eigenvalue weighted by molar-refractivity contribution is -0.125. The lowest BCUT2D eigenvalue weighted by Crippen LogP contribution is -2.46. The quantitative estimate of drug-likeness (QED) is 0.899. The highest BCUT2D eigenvalue weighted by molar-refractivity contribution is 5.95. The Hall–Kier alpha value is -1.26. The Morgan fingerprint density at radius 3 is 2.95 bits per heavy atom. The van der Waals surface area contributed by atoms with Crippen LogP contribution in [0.25, 0.3) is 0 Å². The summed E-state index contributed by atoms with van der Waals surface area (Å²) in [5.41, 5.74) is 0.475. The van der Waals surface area contributed by atoms with Crippen molar-refractivity contribution in [3.05, 3.63) is 24.3 Å². The zero-order valence-electron chi connectivity index (χ0n) is 12.1. The van der Waals surface area contributed by atoms with Crippen molar-refractivity contribution in [3.8, 4) is 5.75 Å². The molecule has 0 spiro atoms. The van der Waals surface area contributed by atoms with Gasteiger partial charge in [0.05, 0.1) is 12.0 Å². The Labute approximate surface area is 126 Å². The third-order valence-corrected chi connectivity index (χ3v) is 3.55. The number of nitrogens with one attached hydrogen (secondary N) is 2. The second-order valence-corrected chi connectivity index (χ2v) is 5.26. The van der Waals surface area contributed by atoms with Crippen molar-refractivity contribution >= 4 is 24.0 Å². The highest BCUT2D eigenvalue weighted by atomic mass is 35.5. The van der Waals surface area contributed by atoms with Crippen LogP contribution in [0.5, 0.6) is 5.75 Å². The van der Waals surface area contributed by atoms with Crippen LogP contribution in [-0.2, 0) is 4.79 Å². The lowest BCUT2D eigenvalue weighted by Gasteiger charge is -2.32. The number of amides is 1. The maximum absolute atomic E-state index is 12.4. The molecule has 1 atom stereocenters. The number of ether oxygens (including phenoxy) is 1. The molecule has 4 nitrogen and oxygen atoms in total. The third-order valence-electron chi connectivity index (χ3n) is 3.55. The summed E-state index contributed by atoms with van der Waals surface area (Å²) in [5.74, 6) is 0.862. The number of hydrogen-bond donors (Lipinski definition) is 2. The summed E-state index contributed by atoms with van der Waals surface area (Å²) >= 11 is 0. The van der Waals surface area contributed by atoms with Crippen molar-refractivity contribution in [2.24, 2.45) is 5.41 Å². The average Bonchev–Trinajstić information content (AvgIpc) is 2.40. The van der Waals surface area contributed by atoms with Crippen LogP contribution in [0.3, 0.4) is 0 Å². The molecule has 1 amide bonds. The molecule has 1 heterocycles. The molecule has 1 unspecified atom stereocenters. The van der Waals surface area contributed by atoms with E-state index in [9.17, 15) is 4.79 Å². The monoisotopic (exact) mass is 298 g/mol. The molecule has 1 aliphatic rings. The van der Waals surface area contributed by atoms with Crippen LogP contribution in [0, 0.1) is 5.41 Å². The highest BCUT2D eigenvalue weighted by Crippen LogP contribution is 2.28. The van der Waals surface area contributed by atoms with Gasteiger partial charge >= 0.3 is 0 Å². The Bertz CT molecular complexity index is 445. The van der Waals surface area contributed by atoms with E-state index in [1.54, 1.807) is 0 Å². The van der Waals surface area contributed by atoms with Crippen LogP contribution in [0.2, 0.25) is 0 Å². The number of benzene rings is 1. The number of hydrogen-bond acceptors (Lipinski definition) is 3. The van der Waals surface area contributed by atoms with E-state index in [0.717, 1.165) is 37.4 Å². The van der Waals surface area contributed by atoms with Crippen LogP contribution < -0.4 is 15.4 Å². The molecule has 1 saturated heterocycles. The largest absolute Gasteiger partial charge is 0.494 e. The maximum atomic E-state index is 12.4. The standard InChI is InChI=1S/C15H22N2O2.ClH/c1-3-19-13-7-4-6-12(10-13)17-14(18)15(2)8-5-9-16-11-15;/h4,6-7,10,16H,3,5,8-9,11H2,1-2H3,(H,17,18);1H. The second-order valence-electron chi connectivity index (χ2n) is 5.26. The molecular weight excluding hydrogens is 276 g/mol. The summed E-state index contributed by atoms with van der Waals surface area (Å²) in [6, 6.07) is 7.53. The molecule has 1 aromatic rings. The average molecular weight is 299 g/mol. The first kappa shape index (κ1) is 16.8. The van der Waals surface area contributed by atoms with Gasteiger partial charge < -0.3 is 15.4 Å². The van der Waals surface area contributed by atoms with Gasteiger partial charge in [-0.3, -0.25) is 4.79 Å². The highest BCUT2D eigenvalue weighted by Gasteiger charge is 2.34. The molecule has 1 aliphatic heterocycles. The van der Waals surface area contributed by atoms with Crippen LogP contribution in [0.15, 0.2) is 24.3 Å². The van der Waals surface area contributed by atoms with E-state index in [1.807, 2.05) is 38.1 Å². The van der Waals surface area contributed by atoms with Gasteiger partial charge in [-0.15, -0.1) is 12.4 Å². The fourth-order valence-corrected chi connectivity index (χ4v) is 2.36. The minimum Gasteiger partial charge on any atom is -0.494 e. The molecule has 5 heteroatoms. The predicted molar refractivity (Wildman–Crippen MR) is 83.7 cm³/mol. The Kier molecular flexibility index (Phi) is 6.30. The summed E-state index contributed by atoms with van der Waals surface area (Å²) in [7, 11) is 0. The zero-order valence-corrected chi connectivity index (χ0v) is 12.9. The molecule has 0 aliphatic carbocycles. The molecular formula is C15H23ClN2O2. The number of carbonyl (C=O) groups is 1. The van der Waals surface area contributed by atoms with Gasteiger partial charge in [-0.2, -0.15) is 0 Å². The number of rotatable bonds is 4. The fourth-order valence-electron chi connectivity index (χ4n) is 2.36. The molecule has 0 aromatic heterocycles. The normalized spacial score (nSPS) is 21.7. The molecule has 20 heavy (non-hydrogen) atoms. The van der Waals surface area contributed by atoms with E-state index in [2.05, 4.69) is 10.6 Å². The smallest absolute Gasteiger partial charge is 0.231 e. The van der Waals surface area contributed by atoms with Crippen LogP contribution in [0.1, 0.15) is 26.7 Å². The Morgan fingerprint density at radius 1 is 1.50 bits per heavy atom. The van der Waals surface area contributed by atoms with Gasteiger partial charge in [0.15, 0.2) is 0 Å². The molecule has 1 fully saturated rings. The summed E-state index contributed by atoms with van der Waals surface area (Å²) in [5, 5.41) is 6.28. The first-order valence-electron chi connectivity index (χ1n) is 6.89. The van der Waals surface area contributed by atoms with E-state index in [-0.39, 0.29) is 23.7 Å². The van der Waals surface area contributed by atoms with E-state index >= 15 is 0 Å². The van der Waals surface area contributed by atoms with Gasteiger partial charge in [0, 0.05) is 18.3 Å². The number of anilines is 1. The van der Waals surface area contributed by atoms with Gasteiger partial charge in [-0.1, -0.05) is 6.07 Å². The second kappa shape index (κ2) is 7.50. The topological polar surface area (TPSA) is 50.4 Å². The van der Waals surface area contributed by atoms with E-state index < -0.39 is 0 Å². The van der Waals surface area contributed by atoms with Crippen LogP contribution >= 0.6 is 12.4 Å². The van der Waals surface area contributed by atoms with Crippen molar-refractivity contribution < 1.29 is 9.53 Å². The van der Waals surface area contributed by atoms with Crippen molar-refractivity contribution in [1.82, 2.24) is 5.32 Å². The summed E-state index contributed by atoms with van der Waals surface area (Å²) in [6.45, 7) is 6.33. The van der Waals surface area contributed by atoms with E-state index in [0.29, 0.717) is 6.61 Å². The third kappa shape index (κ3) is 4.12. The van der Waals surface area contributed by atoms with Crippen molar-refractivity contribution in [3.63, 3.8) is 0 Å². The SMILES string of the molecule is CCOc1cccc(NC(=O)C2(C)CCCNC2)c1.Cl. The summed E-state index contributed by atoms with van der Waals surface area (Å²) < 4.78 is 5.44. The van der Waals surface area contributed by atoms with Crippen molar-refractivity contribution in [2.45, 2.75) is 26.7 Å². The van der Waals surface area contributed by atoms with Gasteiger partial charge in [0.2, 0.25) is 5.91 Å². The van der Waals surface area contributed by atoms with Crippen molar-refractivity contribution in [2.75, 3.05) is 25.0 Å². The van der Waals surface area contributed by atoms with Gasteiger partial charge in [0.1, 0.15) is 5.75 Å². The summed E-state index contributed by atoms with van der Waals surface area (Å²) in [4.78, 5) is 12.4. The number of carbonyl (C=O) groups excluding carboxylic acids is 1. The molecule has 2 rings (SSSR count). The summed E-state index contributed by atoms with van der Waals surface area (Å²) in [6.07, 6.45) is 1.97. The Balaban J connectivity index is 0.00000200.